The van der Waals surface area contributed by atoms with E-state index in [2.05, 4.69) is 31.5 Å². The second kappa shape index (κ2) is 8.55. The van der Waals surface area contributed by atoms with Gasteiger partial charge < -0.3 is 19.9 Å². The number of urea groups is 1. The Labute approximate surface area is 164 Å². The van der Waals surface area contributed by atoms with Crippen molar-refractivity contribution in [2.24, 2.45) is 5.92 Å². The quantitative estimate of drug-likeness (QED) is 0.782. The third-order valence-corrected chi connectivity index (χ3v) is 5.33. The molecule has 150 valence electrons. The highest BCUT2D eigenvalue weighted by molar-refractivity contribution is 5.74. The summed E-state index contributed by atoms with van der Waals surface area (Å²) in [6.07, 6.45) is 10.6. The molecule has 2 aliphatic heterocycles. The van der Waals surface area contributed by atoms with E-state index in [9.17, 15) is 4.79 Å². The molecule has 9 nitrogen and oxygen atoms in total. The minimum absolute atomic E-state index is 0.0405. The average Bonchev–Trinajstić information content (AvgIpc) is 3.22. The number of amides is 2. The van der Waals surface area contributed by atoms with E-state index in [1.807, 2.05) is 17.6 Å². The number of likely N-dealkylation sites (N-methyl/N-ethyl adjacent to an activating group) is 1. The number of nitrogens with zero attached hydrogens (tertiary/aromatic N) is 6. The van der Waals surface area contributed by atoms with Crippen LogP contribution in [0.4, 0.5) is 10.6 Å². The van der Waals surface area contributed by atoms with Crippen molar-refractivity contribution in [1.82, 2.24) is 29.8 Å². The lowest BCUT2D eigenvalue weighted by Crippen LogP contribution is -2.45. The van der Waals surface area contributed by atoms with Gasteiger partial charge in [-0.2, -0.15) is 0 Å². The van der Waals surface area contributed by atoms with Crippen molar-refractivity contribution in [2.45, 2.75) is 19.3 Å². The standard InChI is InChI=1S/C19H27N7O2/c1-24(11-16-5-3-9-28-13-16)19(27)21-10-15-4-2-7-25(12-15)17-18-23-22-14-26(18)8-6-20-17/h5-6,8,14-15H,2-4,7,9-13H2,1H3,(H,21,27). The van der Waals surface area contributed by atoms with E-state index in [4.69, 9.17) is 4.74 Å². The molecule has 0 bridgehead atoms. The first-order chi connectivity index (χ1) is 13.7. The summed E-state index contributed by atoms with van der Waals surface area (Å²) >= 11 is 0. The molecule has 2 amide bonds. The largest absolute Gasteiger partial charge is 0.377 e. The molecule has 1 fully saturated rings. The fraction of sp³-hybridized carbons (Fsp3) is 0.579. The van der Waals surface area contributed by atoms with E-state index in [1.54, 1.807) is 17.4 Å². The molecule has 0 radical (unpaired) electrons. The number of nitrogens with one attached hydrogen (secondary N) is 1. The Balaban J connectivity index is 1.31. The Morgan fingerprint density at radius 3 is 3.25 bits per heavy atom. The van der Waals surface area contributed by atoms with Crippen LogP contribution < -0.4 is 10.2 Å². The smallest absolute Gasteiger partial charge is 0.317 e. The number of hydrogen-bond donors (Lipinski definition) is 1. The summed E-state index contributed by atoms with van der Waals surface area (Å²) in [7, 11) is 1.83. The first kappa shape index (κ1) is 18.7. The predicted octanol–water partition coefficient (Wildman–Crippen LogP) is 1.33. The molecular weight excluding hydrogens is 358 g/mol. The zero-order valence-corrected chi connectivity index (χ0v) is 16.3. The van der Waals surface area contributed by atoms with E-state index < -0.39 is 0 Å². The maximum absolute atomic E-state index is 12.5. The van der Waals surface area contributed by atoms with Gasteiger partial charge in [-0.3, -0.25) is 4.40 Å². The molecule has 4 heterocycles. The number of fused-ring (bicyclic) bond motifs is 1. The third kappa shape index (κ3) is 4.24. The SMILES string of the molecule is CN(CC1=CCCOC1)C(=O)NCC1CCCN(c2nccn3cnnc23)C1. The van der Waals surface area contributed by atoms with Crippen LogP contribution in [0.3, 0.4) is 0 Å². The first-order valence-electron chi connectivity index (χ1n) is 9.84. The van der Waals surface area contributed by atoms with Crippen LogP contribution >= 0.6 is 0 Å². The Morgan fingerprint density at radius 1 is 1.46 bits per heavy atom. The normalized spacial score (nSPS) is 20.1. The van der Waals surface area contributed by atoms with Crippen LogP contribution in [0.2, 0.25) is 0 Å². The van der Waals surface area contributed by atoms with Crippen LogP contribution in [0.1, 0.15) is 19.3 Å². The van der Waals surface area contributed by atoms with Crippen molar-refractivity contribution in [3.63, 3.8) is 0 Å². The lowest BCUT2D eigenvalue weighted by molar-refractivity contribution is 0.144. The van der Waals surface area contributed by atoms with Gasteiger partial charge in [0.15, 0.2) is 5.82 Å². The maximum atomic E-state index is 12.5. The molecule has 4 rings (SSSR count). The van der Waals surface area contributed by atoms with Crippen LogP contribution in [-0.4, -0.2) is 77.0 Å². The molecule has 1 N–H and O–H groups in total. The summed E-state index contributed by atoms with van der Waals surface area (Å²) in [6, 6.07) is -0.0405. The summed E-state index contributed by atoms with van der Waals surface area (Å²) in [4.78, 5) is 20.9. The van der Waals surface area contributed by atoms with Gasteiger partial charge in [0.25, 0.3) is 0 Å². The highest BCUT2D eigenvalue weighted by Crippen LogP contribution is 2.23. The lowest BCUT2D eigenvalue weighted by Gasteiger charge is -2.34. The highest BCUT2D eigenvalue weighted by Gasteiger charge is 2.24. The molecule has 0 spiro atoms. The number of rotatable bonds is 5. The van der Waals surface area contributed by atoms with Crippen molar-refractivity contribution in [3.05, 3.63) is 30.4 Å². The van der Waals surface area contributed by atoms with Gasteiger partial charge in [-0.15, -0.1) is 10.2 Å². The van der Waals surface area contributed by atoms with Crippen LogP contribution in [0, 0.1) is 5.92 Å². The summed E-state index contributed by atoms with van der Waals surface area (Å²) in [5, 5.41) is 11.2. The summed E-state index contributed by atoms with van der Waals surface area (Å²) in [5.41, 5.74) is 1.94. The number of piperidine rings is 1. The van der Waals surface area contributed by atoms with Crippen LogP contribution in [-0.2, 0) is 4.74 Å². The van der Waals surface area contributed by atoms with Crippen LogP contribution in [0.15, 0.2) is 30.4 Å². The summed E-state index contributed by atoms with van der Waals surface area (Å²) in [6.45, 7) is 4.46. The van der Waals surface area contributed by atoms with Gasteiger partial charge in [0.05, 0.1) is 13.2 Å². The second-order valence-electron chi connectivity index (χ2n) is 7.51. The fourth-order valence-corrected chi connectivity index (χ4v) is 3.85. The van der Waals surface area contributed by atoms with Crippen molar-refractivity contribution >= 4 is 17.5 Å². The van der Waals surface area contributed by atoms with Crippen molar-refractivity contribution < 1.29 is 9.53 Å². The van der Waals surface area contributed by atoms with E-state index in [0.29, 0.717) is 25.6 Å². The third-order valence-electron chi connectivity index (χ3n) is 5.33. The Morgan fingerprint density at radius 2 is 2.39 bits per heavy atom. The number of carbonyl (C=O) groups excluding carboxylic acids is 1. The van der Waals surface area contributed by atoms with Gasteiger partial charge >= 0.3 is 6.03 Å². The average molecular weight is 385 g/mol. The van der Waals surface area contributed by atoms with Crippen LogP contribution in [0.5, 0.6) is 0 Å². The zero-order valence-electron chi connectivity index (χ0n) is 16.3. The van der Waals surface area contributed by atoms with E-state index in [1.165, 1.54) is 5.57 Å². The molecule has 0 saturated carbocycles. The lowest BCUT2D eigenvalue weighted by atomic mass is 9.98. The molecule has 0 aromatic carbocycles. The second-order valence-corrected chi connectivity index (χ2v) is 7.51. The van der Waals surface area contributed by atoms with Gasteiger partial charge in [-0.1, -0.05) is 6.08 Å². The van der Waals surface area contributed by atoms with Gasteiger partial charge in [0, 0.05) is 45.6 Å². The number of carbonyl (C=O) groups is 1. The highest BCUT2D eigenvalue weighted by atomic mass is 16.5. The molecule has 1 unspecified atom stereocenters. The van der Waals surface area contributed by atoms with Gasteiger partial charge in [-0.25, -0.2) is 9.78 Å². The minimum Gasteiger partial charge on any atom is -0.377 e. The molecule has 9 heteroatoms. The monoisotopic (exact) mass is 385 g/mol. The molecule has 2 aromatic rings. The molecule has 2 aromatic heterocycles. The molecule has 28 heavy (non-hydrogen) atoms. The summed E-state index contributed by atoms with van der Waals surface area (Å²) < 4.78 is 7.33. The van der Waals surface area contributed by atoms with Crippen molar-refractivity contribution in [2.75, 3.05) is 51.3 Å². The van der Waals surface area contributed by atoms with E-state index >= 15 is 0 Å². The first-order valence-corrected chi connectivity index (χ1v) is 9.84. The van der Waals surface area contributed by atoms with Gasteiger partial charge in [0.2, 0.25) is 5.65 Å². The predicted molar refractivity (Wildman–Crippen MR) is 105 cm³/mol. The molecule has 1 saturated heterocycles. The molecule has 0 aliphatic carbocycles. The van der Waals surface area contributed by atoms with Crippen molar-refractivity contribution in [3.8, 4) is 0 Å². The van der Waals surface area contributed by atoms with E-state index in [-0.39, 0.29) is 6.03 Å². The van der Waals surface area contributed by atoms with Crippen molar-refractivity contribution in [1.29, 1.82) is 0 Å². The number of aromatic nitrogens is 4. The number of anilines is 1. The minimum atomic E-state index is -0.0405. The topological polar surface area (TPSA) is 87.9 Å². The zero-order chi connectivity index (χ0) is 19.3. The number of ether oxygens (including phenoxy) is 1. The molecule has 1 atom stereocenters. The Bertz CT molecular complexity index is 850. The maximum Gasteiger partial charge on any atom is 0.317 e. The van der Waals surface area contributed by atoms with Crippen LogP contribution in [0.25, 0.3) is 5.65 Å². The fourth-order valence-electron chi connectivity index (χ4n) is 3.85. The van der Waals surface area contributed by atoms with Gasteiger partial charge in [0.1, 0.15) is 6.33 Å². The van der Waals surface area contributed by atoms with E-state index in [0.717, 1.165) is 50.4 Å². The Hall–Kier alpha value is -2.68. The Kier molecular flexibility index (Phi) is 5.70. The summed E-state index contributed by atoms with van der Waals surface area (Å²) in [5.74, 6) is 1.24. The molecular formula is C19H27N7O2. The number of hydrogen-bond acceptors (Lipinski definition) is 6. The van der Waals surface area contributed by atoms with Gasteiger partial charge in [-0.05, 0) is 30.8 Å². The molecule has 2 aliphatic rings.